The number of fused-ring (bicyclic) bond motifs is 1. The minimum absolute atomic E-state index is 0.00407. The minimum Gasteiger partial charge on any atom is -0.492 e. The van der Waals surface area contributed by atoms with Crippen LogP contribution in [-0.4, -0.2) is 52.9 Å². The van der Waals surface area contributed by atoms with Gasteiger partial charge in [-0.3, -0.25) is 0 Å². The van der Waals surface area contributed by atoms with Crippen molar-refractivity contribution in [2.75, 3.05) is 33.2 Å². The summed E-state index contributed by atoms with van der Waals surface area (Å²) in [6, 6.07) is 7.93. The first-order valence-electron chi connectivity index (χ1n) is 8.50. The van der Waals surface area contributed by atoms with Crippen LogP contribution in [0, 0.1) is 6.92 Å². The number of aryl methyl sites for hydroxylation is 1. The summed E-state index contributed by atoms with van der Waals surface area (Å²) in [5, 5.41) is 15.9. The van der Waals surface area contributed by atoms with Crippen molar-refractivity contribution in [2.45, 2.75) is 13.0 Å². The van der Waals surface area contributed by atoms with Gasteiger partial charge in [0.25, 0.3) is 0 Å². The topological polar surface area (TPSA) is 59.3 Å². The number of hydrogen-bond donors (Lipinski definition) is 3. The maximum atomic E-state index is 10.8. The molecule has 0 aliphatic carbocycles. The van der Waals surface area contributed by atoms with E-state index in [1.54, 1.807) is 9.42 Å². The third kappa shape index (κ3) is 3.01. The molecule has 0 spiro atoms. The maximum Gasteiger partial charge on any atom is 0.235 e. The summed E-state index contributed by atoms with van der Waals surface area (Å²) >= 11 is 8.04. The fourth-order valence-corrected chi connectivity index (χ4v) is 5.00. The van der Waals surface area contributed by atoms with E-state index in [0.717, 1.165) is 46.6 Å². The van der Waals surface area contributed by atoms with E-state index in [-0.39, 0.29) is 11.9 Å². The van der Waals surface area contributed by atoms with Crippen LogP contribution in [0.1, 0.15) is 22.3 Å². The molecule has 0 amide bonds. The Bertz CT molecular complexity index is 900. The number of nitrogens with zero attached hydrogens (tertiary/aromatic N) is 3. The Balaban J connectivity index is 1.83. The minimum atomic E-state index is -0.00407. The Morgan fingerprint density at radius 1 is 1.24 bits per heavy atom. The first kappa shape index (κ1) is 16.8. The largest absolute Gasteiger partial charge is 0.492 e. The zero-order chi connectivity index (χ0) is 17.6. The molecule has 1 aromatic carbocycles. The number of thiazole rings is 1. The van der Waals surface area contributed by atoms with Crippen LogP contribution < -0.4 is 9.80 Å². The number of quaternary nitrogens is 2. The number of benzene rings is 1. The third-order valence-corrected chi connectivity index (χ3v) is 6.37. The smallest absolute Gasteiger partial charge is 0.235 e. The number of halogens is 1. The van der Waals surface area contributed by atoms with Crippen molar-refractivity contribution in [3.63, 3.8) is 0 Å². The molecular weight excluding hydrogens is 358 g/mol. The molecular formula is C17H22ClN5OS+2. The number of likely N-dealkylation sites (N-methyl/N-ethyl adjacent to an activating group) is 1. The lowest BCUT2D eigenvalue weighted by atomic mass is 10.0. The standard InChI is InChI=1S/C17H20ClN5OS/c1-11-19-17-23(20-11)16(24)15(25-17)14(12-5-3-4-6-13(12)18)22-9-7-21(2)8-10-22/h3-6,14,24H,7-10H2,1-2H3/p+2/t14-/m1/s1. The van der Waals surface area contributed by atoms with Crippen molar-refractivity contribution in [3.05, 3.63) is 45.6 Å². The van der Waals surface area contributed by atoms with Gasteiger partial charge in [0.05, 0.1) is 12.1 Å². The van der Waals surface area contributed by atoms with Crippen LogP contribution in [0.2, 0.25) is 5.02 Å². The van der Waals surface area contributed by atoms with Gasteiger partial charge in [-0.1, -0.05) is 41.1 Å². The Morgan fingerprint density at radius 2 is 1.96 bits per heavy atom. The van der Waals surface area contributed by atoms with Crippen LogP contribution >= 0.6 is 22.9 Å². The highest BCUT2D eigenvalue weighted by atomic mass is 35.5. The van der Waals surface area contributed by atoms with Gasteiger partial charge in [-0.25, -0.2) is 4.98 Å². The number of aromatic hydroxyl groups is 1. The zero-order valence-electron chi connectivity index (χ0n) is 14.3. The van der Waals surface area contributed by atoms with Crippen LogP contribution in [-0.2, 0) is 0 Å². The van der Waals surface area contributed by atoms with Crippen molar-refractivity contribution in [1.29, 1.82) is 0 Å². The fraction of sp³-hybridized carbons (Fsp3) is 0.412. The van der Waals surface area contributed by atoms with Crippen LogP contribution in [0.25, 0.3) is 4.96 Å². The molecule has 132 valence electrons. The Hall–Kier alpha value is -1.67. The van der Waals surface area contributed by atoms with E-state index >= 15 is 0 Å². The lowest BCUT2D eigenvalue weighted by molar-refractivity contribution is -1.02. The molecule has 1 saturated heterocycles. The van der Waals surface area contributed by atoms with Crippen molar-refractivity contribution in [1.82, 2.24) is 14.6 Å². The second-order valence-corrected chi connectivity index (χ2v) is 8.13. The maximum absolute atomic E-state index is 10.8. The molecule has 0 saturated carbocycles. The SMILES string of the molecule is Cc1nc2sc([C@@H](c3ccccc3Cl)[NH+]3CC[NH+](C)CC3)c(O)n2n1. The summed E-state index contributed by atoms with van der Waals surface area (Å²) < 4.78 is 1.54. The lowest BCUT2D eigenvalue weighted by Crippen LogP contribution is -3.27. The molecule has 0 radical (unpaired) electrons. The Kier molecular flexibility index (Phi) is 4.41. The summed E-state index contributed by atoms with van der Waals surface area (Å²) in [4.78, 5) is 9.00. The molecule has 1 fully saturated rings. The van der Waals surface area contributed by atoms with E-state index in [1.807, 2.05) is 25.1 Å². The summed E-state index contributed by atoms with van der Waals surface area (Å²) in [5.74, 6) is 0.849. The third-order valence-electron chi connectivity index (χ3n) is 4.94. The van der Waals surface area contributed by atoms with E-state index in [2.05, 4.69) is 23.2 Å². The van der Waals surface area contributed by atoms with Crippen LogP contribution in [0.5, 0.6) is 5.88 Å². The second kappa shape index (κ2) is 6.57. The molecule has 25 heavy (non-hydrogen) atoms. The van der Waals surface area contributed by atoms with Gasteiger partial charge in [-0.2, -0.15) is 4.52 Å². The van der Waals surface area contributed by atoms with Crippen LogP contribution in [0.4, 0.5) is 0 Å². The molecule has 6 nitrogen and oxygen atoms in total. The van der Waals surface area contributed by atoms with Gasteiger partial charge in [-0.05, 0) is 13.0 Å². The summed E-state index contributed by atoms with van der Waals surface area (Å²) in [6.45, 7) is 6.12. The lowest BCUT2D eigenvalue weighted by Gasteiger charge is -2.33. The second-order valence-electron chi connectivity index (χ2n) is 6.71. The summed E-state index contributed by atoms with van der Waals surface area (Å²) in [5.41, 5.74) is 1.05. The average Bonchev–Trinajstić information content (AvgIpc) is 3.09. The van der Waals surface area contributed by atoms with Gasteiger partial charge in [0.1, 0.15) is 36.9 Å². The van der Waals surface area contributed by atoms with Crippen LogP contribution in [0.15, 0.2) is 24.3 Å². The van der Waals surface area contributed by atoms with E-state index < -0.39 is 0 Å². The first-order chi connectivity index (χ1) is 12.0. The molecule has 1 atom stereocenters. The molecule has 2 aromatic heterocycles. The monoisotopic (exact) mass is 379 g/mol. The number of hydrogen-bond acceptors (Lipinski definition) is 4. The highest BCUT2D eigenvalue weighted by molar-refractivity contribution is 7.17. The van der Waals surface area contributed by atoms with Gasteiger partial charge in [0.15, 0.2) is 6.04 Å². The van der Waals surface area contributed by atoms with Crippen molar-refractivity contribution >= 4 is 27.9 Å². The predicted molar refractivity (Wildman–Crippen MR) is 97.9 cm³/mol. The molecule has 1 aliphatic heterocycles. The number of rotatable bonds is 3. The molecule has 3 heterocycles. The molecule has 4 rings (SSSR count). The van der Waals surface area contributed by atoms with E-state index in [1.165, 1.54) is 16.2 Å². The highest BCUT2D eigenvalue weighted by Crippen LogP contribution is 2.36. The Morgan fingerprint density at radius 3 is 2.64 bits per heavy atom. The van der Waals surface area contributed by atoms with Gasteiger partial charge in [0.2, 0.25) is 10.8 Å². The average molecular weight is 380 g/mol. The quantitative estimate of drug-likeness (QED) is 0.598. The van der Waals surface area contributed by atoms with E-state index in [4.69, 9.17) is 11.6 Å². The number of nitrogens with one attached hydrogen (secondary N) is 2. The van der Waals surface area contributed by atoms with Gasteiger partial charge in [0, 0.05) is 5.56 Å². The molecule has 3 aromatic rings. The molecule has 3 N–H and O–H groups in total. The molecule has 0 bridgehead atoms. The summed E-state index contributed by atoms with van der Waals surface area (Å²) in [7, 11) is 2.23. The number of piperazine rings is 1. The van der Waals surface area contributed by atoms with Crippen molar-refractivity contribution in [2.24, 2.45) is 0 Å². The van der Waals surface area contributed by atoms with Crippen molar-refractivity contribution < 1.29 is 14.9 Å². The van der Waals surface area contributed by atoms with E-state index in [0.29, 0.717) is 5.82 Å². The van der Waals surface area contributed by atoms with E-state index in [9.17, 15) is 5.11 Å². The summed E-state index contributed by atoms with van der Waals surface area (Å²) in [6.07, 6.45) is 0. The van der Waals surface area contributed by atoms with Gasteiger partial charge >= 0.3 is 0 Å². The fourth-order valence-electron chi connectivity index (χ4n) is 3.58. The Labute approximate surface area is 155 Å². The number of aromatic nitrogens is 3. The van der Waals surface area contributed by atoms with Crippen LogP contribution in [0.3, 0.4) is 0 Å². The predicted octanol–water partition coefficient (Wildman–Crippen LogP) is -0.0392. The molecule has 0 unspecified atom stereocenters. The molecule has 1 aliphatic rings. The highest BCUT2D eigenvalue weighted by Gasteiger charge is 2.36. The normalized spacial score (nSPS) is 22.4. The van der Waals surface area contributed by atoms with Gasteiger partial charge < -0.3 is 14.9 Å². The zero-order valence-corrected chi connectivity index (χ0v) is 15.9. The van der Waals surface area contributed by atoms with Crippen molar-refractivity contribution in [3.8, 4) is 5.88 Å². The van der Waals surface area contributed by atoms with Gasteiger partial charge in [-0.15, -0.1) is 5.10 Å². The molecule has 8 heteroatoms. The first-order valence-corrected chi connectivity index (χ1v) is 9.69.